The average molecular weight is 447 g/mol. The Kier molecular flexibility index (Phi) is 6.28. The van der Waals surface area contributed by atoms with Crippen LogP contribution in [0.4, 0.5) is 4.79 Å². The largest absolute Gasteiger partial charge is 0.355 e. The van der Waals surface area contributed by atoms with Crippen LogP contribution in [0, 0.1) is 0 Å². The third-order valence-corrected chi connectivity index (χ3v) is 6.82. The number of hydrogen-bond donors (Lipinski definition) is 2. The zero-order valence-electron chi connectivity index (χ0n) is 18.8. The Morgan fingerprint density at radius 3 is 2.36 bits per heavy atom. The third-order valence-electron chi connectivity index (χ3n) is 6.82. The molecule has 3 aromatic rings. The second kappa shape index (κ2) is 9.65. The normalized spacial score (nSPS) is 17.8. The molecule has 7 nitrogen and oxygen atoms in total. The summed E-state index contributed by atoms with van der Waals surface area (Å²) in [7, 11) is 0. The van der Waals surface area contributed by atoms with E-state index >= 15 is 0 Å². The molecule has 1 aliphatic heterocycles. The maximum atomic E-state index is 12.9. The molecule has 2 heterocycles. The zero-order chi connectivity index (χ0) is 22.6. The molecule has 0 unspecified atom stereocenters. The van der Waals surface area contributed by atoms with Gasteiger partial charge in [0.05, 0.1) is 5.39 Å². The smallest absolute Gasteiger partial charge is 0.317 e. The Morgan fingerprint density at radius 2 is 1.61 bits per heavy atom. The number of carbonyl (C=O) groups is 2. The number of nitrogens with one attached hydrogen (secondary N) is 2. The third kappa shape index (κ3) is 4.87. The van der Waals surface area contributed by atoms with E-state index in [2.05, 4.69) is 15.8 Å². The number of carbonyl (C=O) groups excluding carboxylic acids is 2. The molecule has 0 atom stereocenters. The van der Waals surface area contributed by atoms with Crippen LogP contribution in [0.15, 0.2) is 53.1 Å². The number of rotatable bonds is 4. The lowest BCUT2D eigenvalue weighted by Crippen LogP contribution is -2.51. The van der Waals surface area contributed by atoms with E-state index in [1.54, 1.807) is 6.07 Å². The first-order valence-electron chi connectivity index (χ1n) is 12.0. The summed E-state index contributed by atoms with van der Waals surface area (Å²) in [6, 6.07) is 15.6. The van der Waals surface area contributed by atoms with Gasteiger partial charge in [0.25, 0.3) is 5.91 Å². The van der Waals surface area contributed by atoms with Crippen molar-refractivity contribution in [3.05, 3.63) is 54.1 Å². The maximum absolute atomic E-state index is 12.9. The number of piperidine rings is 1. The fourth-order valence-corrected chi connectivity index (χ4v) is 4.89. The Balaban J connectivity index is 1.19. The van der Waals surface area contributed by atoms with Crippen molar-refractivity contribution in [3.8, 4) is 11.3 Å². The van der Waals surface area contributed by atoms with E-state index in [0.29, 0.717) is 30.5 Å². The van der Waals surface area contributed by atoms with Crippen LogP contribution in [-0.4, -0.2) is 47.2 Å². The Morgan fingerprint density at radius 1 is 0.879 bits per heavy atom. The van der Waals surface area contributed by atoms with Crippen LogP contribution in [0.2, 0.25) is 0 Å². The van der Waals surface area contributed by atoms with Gasteiger partial charge in [-0.25, -0.2) is 4.79 Å². The van der Waals surface area contributed by atoms with Crippen LogP contribution >= 0.6 is 0 Å². The lowest BCUT2D eigenvalue weighted by atomic mass is 9.95. The summed E-state index contributed by atoms with van der Waals surface area (Å²) in [6.07, 6.45) is 7.36. The fourth-order valence-electron chi connectivity index (χ4n) is 4.89. The predicted octanol–water partition coefficient (Wildman–Crippen LogP) is 4.73. The van der Waals surface area contributed by atoms with E-state index in [-0.39, 0.29) is 18.0 Å². The van der Waals surface area contributed by atoms with Gasteiger partial charge in [-0.3, -0.25) is 4.79 Å². The predicted molar refractivity (Wildman–Crippen MR) is 127 cm³/mol. The van der Waals surface area contributed by atoms with Crippen molar-refractivity contribution in [2.75, 3.05) is 13.1 Å². The fraction of sp³-hybridized carbons (Fsp3) is 0.423. The summed E-state index contributed by atoms with van der Waals surface area (Å²) in [6.45, 7) is 1.32. The van der Waals surface area contributed by atoms with Gasteiger partial charge in [-0.15, -0.1) is 0 Å². The molecule has 3 amide bonds. The molecule has 2 aliphatic rings. The molecular formula is C26H30N4O3. The first-order chi connectivity index (χ1) is 16.2. The molecule has 2 fully saturated rings. The van der Waals surface area contributed by atoms with Crippen LogP contribution in [0.1, 0.15) is 55.3 Å². The molecule has 0 radical (unpaired) electrons. The number of nitrogens with zero attached hydrogens (tertiary/aromatic N) is 2. The average Bonchev–Trinajstić information content (AvgIpc) is 3.29. The van der Waals surface area contributed by atoms with E-state index in [1.807, 2.05) is 47.4 Å². The summed E-state index contributed by atoms with van der Waals surface area (Å²) in [5, 5.41) is 11.3. The van der Waals surface area contributed by atoms with Gasteiger partial charge >= 0.3 is 6.03 Å². The van der Waals surface area contributed by atoms with E-state index in [9.17, 15) is 9.59 Å². The highest BCUT2D eigenvalue weighted by molar-refractivity contribution is 6.01. The molecule has 1 saturated carbocycles. The number of fused-ring (bicyclic) bond motifs is 1. The summed E-state index contributed by atoms with van der Waals surface area (Å²) in [5.74, 6) is 0.555. The summed E-state index contributed by atoms with van der Waals surface area (Å²) in [5.41, 5.74) is 2.24. The van der Waals surface area contributed by atoms with E-state index < -0.39 is 0 Å². The van der Waals surface area contributed by atoms with Crippen molar-refractivity contribution in [1.29, 1.82) is 0 Å². The highest BCUT2D eigenvalue weighted by Gasteiger charge is 2.26. The van der Waals surface area contributed by atoms with Crippen molar-refractivity contribution >= 4 is 22.8 Å². The Bertz CT molecular complexity index is 1110. The molecule has 1 aliphatic carbocycles. The monoisotopic (exact) mass is 446 g/mol. The minimum Gasteiger partial charge on any atom is -0.355 e. The lowest BCUT2D eigenvalue weighted by molar-refractivity contribution is 0.0917. The number of aromatic nitrogens is 1. The van der Waals surface area contributed by atoms with Crippen molar-refractivity contribution in [2.45, 2.75) is 57.0 Å². The number of urea groups is 1. The minimum absolute atomic E-state index is 0.0398. The maximum Gasteiger partial charge on any atom is 0.317 e. The molecule has 172 valence electrons. The first-order valence-corrected chi connectivity index (χ1v) is 12.0. The molecule has 5 rings (SSSR count). The number of hydrogen-bond acceptors (Lipinski definition) is 4. The zero-order valence-corrected chi connectivity index (χ0v) is 18.8. The second-order valence-electron chi connectivity index (χ2n) is 9.13. The summed E-state index contributed by atoms with van der Waals surface area (Å²) >= 11 is 0. The molecule has 1 saturated heterocycles. The first kappa shape index (κ1) is 21.5. The van der Waals surface area contributed by atoms with Gasteiger partial charge in [-0.2, -0.15) is 0 Å². The molecule has 7 heteroatoms. The molecule has 0 spiro atoms. The van der Waals surface area contributed by atoms with Crippen LogP contribution < -0.4 is 10.6 Å². The molecule has 0 bridgehead atoms. The van der Waals surface area contributed by atoms with Gasteiger partial charge in [0.1, 0.15) is 5.52 Å². The summed E-state index contributed by atoms with van der Waals surface area (Å²) < 4.78 is 5.55. The van der Waals surface area contributed by atoms with Crippen molar-refractivity contribution in [2.24, 2.45) is 0 Å². The quantitative estimate of drug-likeness (QED) is 0.606. The lowest BCUT2D eigenvalue weighted by Gasteiger charge is -2.34. The van der Waals surface area contributed by atoms with Crippen LogP contribution in [0.25, 0.3) is 22.2 Å². The van der Waals surface area contributed by atoms with Gasteiger partial charge in [0.2, 0.25) is 0 Å². The van der Waals surface area contributed by atoms with Crippen LogP contribution in [-0.2, 0) is 0 Å². The number of likely N-dealkylation sites (tertiary alicyclic amines) is 1. The number of amides is 3. The second-order valence-corrected chi connectivity index (χ2v) is 9.13. The van der Waals surface area contributed by atoms with E-state index in [0.717, 1.165) is 42.1 Å². The van der Waals surface area contributed by atoms with Crippen molar-refractivity contribution < 1.29 is 14.1 Å². The topological polar surface area (TPSA) is 87.5 Å². The van der Waals surface area contributed by atoms with E-state index in [4.69, 9.17) is 4.52 Å². The highest BCUT2D eigenvalue weighted by Crippen LogP contribution is 2.29. The molecule has 2 N–H and O–H groups in total. The molecule has 1 aromatic heterocycles. The van der Waals surface area contributed by atoms with E-state index in [1.165, 1.54) is 19.3 Å². The van der Waals surface area contributed by atoms with Gasteiger partial charge in [0, 0.05) is 36.3 Å². The van der Waals surface area contributed by atoms with Gasteiger partial charge < -0.3 is 20.1 Å². The van der Waals surface area contributed by atoms with Gasteiger partial charge in [0.15, 0.2) is 5.76 Å². The van der Waals surface area contributed by atoms with Crippen LogP contribution in [0.3, 0.4) is 0 Å². The van der Waals surface area contributed by atoms with Gasteiger partial charge in [-0.05, 0) is 43.9 Å². The summed E-state index contributed by atoms with van der Waals surface area (Å²) in [4.78, 5) is 27.4. The Hall–Kier alpha value is -3.35. The highest BCUT2D eigenvalue weighted by atomic mass is 16.5. The molecule has 2 aromatic carbocycles. The van der Waals surface area contributed by atoms with Crippen molar-refractivity contribution in [1.82, 2.24) is 20.7 Å². The Labute approximate surface area is 193 Å². The van der Waals surface area contributed by atoms with Crippen LogP contribution in [0.5, 0.6) is 0 Å². The standard InChI is InChI=1S/C26H30N4O3/c31-25(19-11-12-23-22(17-19)24(33-29-23)18-7-3-1-4-8-18)27-21-13-15-30(16-14-21)26(32)28-20-9-5-2-6-10-20/h1,3-4,7-8,11-12,17,20-21H,2,5-6,9-10,13-16H2,(H,27,31)(H,28,32). The molecule has 33 heavy (non-hydrogen) atoms. The number of benzene rings is 2. The minimum atomic E-state index is -0.109. The SMILES string of the molecule is O=C(NC1CCN(C(=O)NC2CCCCC2)CC1)c1ccc2noc(-c3ccccc3)c2c1. The molecular weight excluding hydrogens is 416 g/mol. The van der Waals surface area contributed by atoms with Gasteiger partial charge in [-0.1, -0.05) is 54.8 Å². The van der Waals surface area contributed by atoms with Crippen molar-refractivity contribution in [3.63, 3.8) is 0 Å².